The molecule has 1 rings (SSSR count). The van der Waals surface area contributed by atoms with Gasteiger partial charge >= 0.3 is 5.97 Å². The zero-order chi connectivity index (χ0) is 17.6. The normalized spacial score (nSPS) is 13.7. The van der Waals surface area contributed by atoms with Gasteiger partial charge in [-0.15, -0.1) is 0 Å². The van der Waals surface area contributed by atoms with Gasteiger partial charge in [0.05, 0.1) is 18.2 Å². The van der Waals surface area contributed by atoms with Gasteiger partial charge < -0.3 is 10.4 Å². The van der Waals surface area contributed by atoms with Crippen molar-refractivity contribution in [1.29, 1.82) is 0 Å². The second-order valence-electron chi connectivity index (χ2n) is 6.14. The molecule has 0 bridgehead atoms. The molecular formula is C16H23N3O4. The van der Waals surface area contributed by atoms with Crippen molar-refractivity contribution in [2.45, 2.75) is 40.2 Å². The van der Waals surface area contributed by atoms with E-state index in [2.05, 4.69) is 15.3 Å². The van der Waals surface area contributed by atoms with Crippen molar-refractivity contribution < 1.29 is 19.5 Å². The monoisotopic (exact) mass is 321 g/mol. The molecule has 2 N–H and O–H groups in total. The first kappa shape index (κ1) is 18.7. The summed E-state index contributed by atoms with van der Waals surface area (Å²) in [7, 11) is 0. The first-order valence-electron chi connectivity index (χ1n) is 7.56. The molecule has 1 aromatic heterocycles. The maximum atomic E-state index is 12.5. The van der Waals surface area contributed by atoms with Gasteiger partial charge in [0.15, 0.2) is 5.78 Å². The van der Waals surface area contributed by atoms with Crippen molar-refractivity contribution in [3.63, 3.8) is 0 Å². The molecule has 0 aromatic carbocycles. The third kappa shape index (κ3) is 5.43. The molecule has 2 atom stereocenters. The summed E-state index contributed by atoms with van der Waals surface area (Å²) in [5.74, 6) is -2.89. The lowest BCUT2D eigenvalue weighted by Crippen LogP contribution is -2.45. The summed E-state index contributed by atoms with van der Waals surface area (Å²) in [6.07, 6.45) is 4.03. The fraction of sp³-hybridized carbons (Fsp3) is 0.562. The number of amides is 1. The smallest absolute Gasteiger partial charge is 0.307 e. The maximum Gasteiger partial charge on any atom is 0.307 e. The lowest BCUT2D eigenvalue weighted by molar-refractivity contribution is -0.145. The van der Waals surface area contributed by atoms with Crippen LogP contribution >= 0.6 is 0 Å². The highest BCUT2D eigenvalue weighted by molar-refractivity contribution is 5.97. The van der Waals surface area contributed by atoms with Crippen LogP contribution in [0.25, 0.3) is 0 Å². The van der Waals surface area contributed by atoms with Crippen molar-refractivity contribution in [2.24, 2.45) is 17.8 Å². The first-order chi connectivity index (χ1) is 10.7. The van der Waals surface area contributed by atoms with E-state index in [0.717, 1.165) is 0 Å². The molecule has 0 spiro atoms. The molecule has 1 aromatic rings. The van der Waals surface area contributed by atoms with Crippen LogP contribution < -0.4 is 5.32 Å². The Labute approximate surface area is 135 Å². The number of nitrogens with one attached hydrogen (secondary N) is 1. The summed E-state index contributed by atoms with van der Waals surface area (Å²) in [6.45, 7) is 7.11. The molecule has 1 amide bonds. The van der Waals surface area contributed by atoms with Gasteiger partial charge in [-0.2, -0.15) is 0 Å². The Morgan fingerprint density at radius 3 is 2.22 bits per heavy atom. The molecule has 23 heavy (non-hydrogen) atoms. The fourth-order valence-electron chi connectivity index (χ4n) is 2.20. The van der Waals surface area contributed by atoms with Crippen LogP contribution in [-0.4, -0.2) is 38.8 Å². The molecular weight excluding hydrogens is 298 g/mol. The third-order valence-electron chi connectivity index (χ3n) is 3.64. The van der Waals surface area contributed by atoms with Crippen molar-refractivity contribution in [3.05, 3.63) is 24.3 Å². The van der Waals surface area contributed by atoms with E-state index in [-0.39, 0.29) is 29.7 Å². The summed E-state index contributed by atoms with van der Waals surface area (Å²) in [5, 5.41) is 11.8. The fourth-order valence-corrected chi connectivity index (χ4v) is 2.20. The molecule has 1 heterocycles. The molecule has 0 saturated heterocycles. The highest BCUT2D eigenvalue weighted by Gasteiger charge is 2.31. The number of aliphatic carboxylic acids is 1. The predicted octanol–water partition coefficient (Wildman–Crippen LogP) is 1.55. The van der Waals surface area contributed by atoms with E-state index in [0.29, 0.717) is 0 Å². The third-order valence-corrected chi connectivity index (χ3v) is 3.64. The molecule has 0 unspecified atom stereocenters. The molecule has 0 aliphatic heterocycles. The van der Waals surface area contributed by atoms with Gasteiger partial charge in [0.1, 0.15) is 5.69 Å². The Bertz CT molecular complexity index is 558. The van der Waals surface area contributed by atoms with Crippen LogP contribution in [-0.2, 0) is 9.59 Å². The summed E-state index contributed by atoms with van der Waals surface area (Å²) < 4.78 is 0. The van der Waals surface area contributed by atoms with Gasteiger partial charge in [0.2, 0.25) is 0 Å². The molecule has 0 radical (unpaired) electrons. The standard InChI is InChI=1S/C16H23N3O4/c1-9(2)11(16(22)23)7-13(20)14(10(3)4)19-15(21)12-8-17-5-6-18-12/h5-6,8-11,14H,7H2,1-4H3,(H,19,21)(H,22,23)/t11-,14-/m0/s1. The number of carboxylic acid groups (broad SMARTS) is 1. The minimum absolute atomic E-state index is 0.114. The number of hydrogen-bond acceptors (Lipinski definition) is 5. The summed E-state index contributed by atoms with van der Waals surface area (Å²) in [6, 6.07) is -0.759. The number of nitrogens with zero attached hydrogens (tertiary/aromatic N) is 2. The Hall–Kier alpha value is -2.31. The topological polar surface area (TPSA) is 109 Å². The van der Waals surface area contributed by atoms with Gasteiger partial charge in [-0.3, -0.25) is 19.4 Å². The van der Waals surface area contributed by atoms with Gasteiger partial charge in [-0.1, -0.05) is 27.7 Å². The molecule has 0 aliphatic carbocycles. The maximum absolute atomic E-state index is 12.5. The van der Waals surface area contributed by atoms with Crippen LogP contribution in [0.1, 0.15) is 44.6 Å². The van der Waals surface area contributed by atoms with Gasteiger partial charge in [-0.05, 0) is 11.8 Å². The number of rotatable bonds is 8. The van der Waals surface area contributed by atoms with Gasteiger partial charge in [0.25, 0.3) is 5.91 Å². The summed E-state index contributed by atoms with van der Waals surface area (Å²) >= 11 is 0. The Balaban J connectivity index is 2.83. The quantitative estimate of drug-likeness (QED) is 0.752. The van der Waals surface area contributed by atoms with Crippen LogP contribution in [0.3, 0.4) is 0 Å². The largest absolute Gasteiger partial charge is 0.481 e. The second-order valence-corrected chi connectivity index (χ2v) is 6.14. The van der Waals surface area contributed by atoms with Crippen LogP contribution in [0.4, 0.5) is 0 Å². The minimum atomic E-state index is -1.00. The predicted molar refractivity (Wildman–Crippen MR) is 83.7 cm³/mol. The average Bonchev–Trinajstić information content (AvgIpc) is 2.49. The zero-order valence-electron chi connectivity index (χ0n) is 13.8. The number of carboxylic acids is 1. The molecule has 126 valence electrons. The van der Waals surface area contributed by atoms with E-state index >= 15 is 0 Å². The molecule has 7 heteroatoms. The number of ketones is 1. The Kier molecular flexibility index (Phi) is 6.81. The average molecular weight is 321 g/mol. The lowest BCUT2D eigenvalue weighted by Gasteiger charge is -2.23. The van der Waals surface area contributed by atoms with E-state index < -0.39 is 23.8 Å². The second kappa shape index (κ2) is 8.36. The van der Waals surface area contributed by atoms with Crippen molar-refractivity contribution in [3.8, 4) is 0 Å². The zero-order valence-corrected chi connectivity index (χ0v) is 13.8. The van der Waals surface area contributed by atoms with E-state index in [1.54, 1.807) is 27.7 Å². The van der Waals surface area contributed by atoms with Crippen molar-refractivity contribution >= 4 is 17.7 Å². The number of aromatic nitrogens is 2. The van der Waals surface area contributed by atoms with Crippen LogP contribution in [0.2, 0.25) is 0 Å². The number of carbonyl (C=O) groups excluding carboxylic acids is 2. The van der Waals surface area contributed by atoms with Crippen LogP contribution in [0.5, 0.6) is 0 Å². The van der Waals surface area contributed by atoms with Gasteiger partial charge in [0, 0.05) is 18.8 Å². The number of hydrogen-bond donors (Lipinski definition) is 2. The summed E-state index contributed by atoms with van der Waals surface area (Å²) in [4.78, 5) is 43.5. The molecule has 0 fully saturated rings. The van der Waals surface area contributed by atoms with Crippen LogP contribution in [0, 0.1) is 17.8 Å². The number of carbonyl (C=O) groups is 3. The van der Waals surface area contributed by atoms with Crippen molar-refractivity contribution in [2.75, 3.05) is 0 Å². The van der Waals surface area contributed by atoms with Gasteiger partial charge in [-0.25, -0.2) is 4.98 Å². The SMILES string of the molecule is CC(C)[C@H](CC(=O)[C@@H](NC(=O)c1cnccn1)C(C)C)C(=O)O. The van der Waals surface area contributed by atoms with E-state index in [1.165, 1.54) is 18.6 Å². The minimum Gasteiger partial charge on any atom is -0.481 e. The van der Waals surface area contributed by atoms with Crippen LogP contribution in [0.15, 0.2) is 18.6 Å². The highest BCUT2D eigenvalue weighted by Crippen LogP contribution is 2.18. The van der Waals surface area contributed by atoms with E-state index in [9.17, 15) is 19.5 Å². The van der Waals surface area contributed by atoms with E-state index in [1.807, 2.05) is 0 Å². The molecule has 0 aliphatic rings. The molecule has 7 nitrogen and oxygen atoms in total. The van der Waals surface area contributed by atoms with E-state index in [4.69, 9.17) is 0 Å². The van der Waals surface area contributed by atoms with Crippen molar-refractivity contribution in [1.82, 2.24) is 15.3 Å². The molecule has 0 saturated carbocycles. The first-order valence-corrected chi connectivity index (χ1v) is 7.56. The Morgan fingerprint density at radius 1 is 1.13 bits per heavy atom. The highest BCUT2D eigenvalue weighted by atomic mass is 16.4. The Morgan fingerprint density at radius 2 is 1.78 bits per heavy atom. The summed E-state index contributed by atoms with van der Waals surface area (Å²) in [5.41, 5.74) is 0.115. The lowest BCUT2D eigenvalue weighted by atomic mass is 9.86. The number of Topliss-reactive ketones (excluding diaryl/α,β-unsaturated/α-hetero) is 1.